The Labute approximate surface area is 160 Å². The average molecular weight is 363 g/mol. The first-order chi connectivity index (χ1) is 12.9. The van der Waals surface area contributed by atoms with Crippen LogP contribution in [-0.4, -0.2) is 15.9 Å². The molecule has 0 radical (unpaired) electrons. The molecule has 0 saturated carbocycles. The van der Waals surface area contributed by atoms with Crippen molar-refractivity contribution in [2.45, 2.75) is 39.3 Å². The average Bonchev–Trinajstić information content (AvgIpc) is 3.15. The summed E-state index contributed by atoms with van der Waals surface area (Å²) in [5.41, 5.74) is 2.88. The van der Waals surface area contributed by atoms with Crippen molar-refractivity contribution in [1.82, 2.24) is 9.88 Å². The van der Waals surface area contributed by atoms with Crippen LogP contribution >= 0.6 is 0 Å². The van der Waals surface area contributed by atoms with Gasteiger partial charge in [-0.1, -0.05) is 39.0 Å². The van der Waals surface area contributed by atoms with Crippen molar-refractivity contribution in [2.75, 3.05) is 5.32 Å². The van der Waals surface area contributed by atoms with Gasteiger partial charge in [-0.2, -0.15) is 0 Å². The SMILES string of the molecule is CC(C)(C)c1ccc(NC(=O)N(Cc2ccccn2)Cc2ccco2)cc1. The first kappa shape index (κ1) is 18.7. The summed E-state index contributed by atoms with van der Waals surface area (Å²) in [5.74, 6) is 0.726. The van der Waals surface area contributed by atoms with E-state index in [9.17, 15) is 4.79 Å². The lowest BCUT2D eigenvalue weighted by Crippen LogP contribution is -2.34. The van der Waals surface area contributed by atoms with Crippen LogP contribution in [0.4, 0.5) is 10.5 Å². The van der Waals surface area contributed by atoms with E-state index in [0.717, 1.165) is 17.1 Å². The van der Waals surface area contributed by atoms with Gasteiger partial charge in [0.05, 0.1) is 25.0 Å². The lowest BCUT2D eigenvalue weighted by molar-refractivity contribution is 0.200. The van der Waals surface area contributed by atoms with Gasteiger partial charge in [-0.3, -0.25) is 4.98 Å². The minimum atomic E-state index is -0.194. The largest absolute Gasteiger partial charge is 0.467 e. The van der Waals surface area contributed by atoms with Gasteiger partial charge < -0.3 is 14.6 Å². The van der Waals surface area contributed by atoms with Crippen molar-refractivity contribution in [2.24, 2.45) is 0 Å². The van der Waals surface area contributed by atoms with Crippen LogP contribution < -0.4 is 5.32 Å². The highest BCUT2D eigenvalue weighted by Crippen LogP contribution is 2.23. The number of furan rings is 1. The molecule has 0 aliphatic rings. The number of hydrogen-bond donors (Lipinski definition) is 1. The highest BCUT2D eigenvalue weighted by Gasteiger charge is 2.18. The van der Waals surface area contributed by atoms with Crippen LogP contribution in [0.2, 0.25) is 0 Å². The van der Waals surface area contributed by atoms with Gasteiger partial charge in [0, 0.05) is 11.9 Å². The van der Waals surface area contributed by atoms with E-state index in [-0.39, 0.29) is 11.4 Å². The Morgan fingerprint density at radius 1 is 1.04 bits per heavy atom. The zero-order chi connectivity index (χ0) is 19.3. The first-order valence-electron chi connectivity index (χ1n) is 9.00. The minimum absolute atomic E-state index is 0.0762. The molecule has 2 aromatic heterocycles. The fraction of sp³-hybridized carbons (Fsp3) is 0.273. The molecule has 27 heavy (non-hydrogen) atoms. The fourth-order valence-corrected chi connectivity index (χ4v) is 2.73. The van der Waals surface area contributed by atoms with Crippen molar-refractivity contribution in [3.05, 3.63) is 84.1 Å². The van der Waals surface area contributed by atoms with Gasteiger partial charge in [0.15, 0.2) is 0 Å². The summed E-state index contributed by atoms with van der Waals surface area (Å²) in [6.07, 6.45) is 3.33. The van der Waals surface area contributed by atoms with E-state index in [1.165, 1.54) is 5.56 Å². The second-order valence-electron chi connectivity index (χ2n) is 7.51. The highest BCUT2D eigenvalue weighted by molar-refractivity contribution is 5.89. The Morgan fingerprint density at radius 2 is 1.81 bits per heavy atom. The van der Waals surface area contributed by atoms with Crippen molar-refractivity contribution in [3.63, 3.8) is 0 Å². The normalized spacial score (nSPS) is 11.2. The lowest BCUT2D eigenvalue weighted by Gasteiger charge is -2.23. The molecular formula is C22H25N3O2. The van der Waals surface area contributed by atoms with E-state index >= 15 is 0 Å². The lowest BCUT2D eigenvalue weighted by atomic mass is 9.87. The number of anilines is 1. The van der Waals surface area contributed by atoms with Crippen molar-refractivity contribution >= 4 is 11.7 Å². The van der Waals surface area contributed by atoms with Gasteiger partial charge in [0.2, 0.25) is 0 Å². The van der Waals surface area contributed by atoms with Gasteiger partial charge in [-0.05, 0) is 47.4 Å². The molecule has 1 aromatic carbocycles. The van der Waals surface area contributed by atoms with Gasteiger partial charge in [0.25, 0.3) is 0 Å². The van der Waals surface area contributed by atoms with Crippen LogP contribution in [-0.2, 0) is 18.5 Å². The number of benzene rings is 1. The van der Waals surface area contributed by atoms with Crippen LogP contribution in [0.5, 0.6) is 0 Å². The molecule has 140 valence electrons. The van der Waals surface area contributed by atoms with Crippen LogP contribution in [0.3, 0.4) is 0 Å². The predicted molar refractivity (Wildman–Crippen MR) is 106 cm³/mol. The van der Waals surface area contributed by atoms with E-state index in [4.69, 9.17) is 4.42 Å². The maximum absolute atomic E-state index is 12.9. The van der Waals surface area contributed by atoms with Gasteiger partial charge >= 0.3 is 6.03 Å². The number of pyridine rings is 1. The number of carbonyl (C=O) groups is 1. The maximum Gasteiger partial charge on any atom is 0.322 e. The maximum atomic E-state index is 12.9. The topological polar surface area (TPSA) is 58.4 Å². The Balaban J connectivity index is 1.73. The second-order valence-corrected chi connectivity index (χ2v) is 7.51. The van der Waals surface area contributed by atoms with Crippen LogP contribution in [0.25, 0.3) is 0 Å². The standard InChI is InChI=1S/C22H25N3O2/c1-22(2,3)17-9-11-18(12-10-17)24-21(26)25(16-20-8-6-14-27-20)15-19-7-4-5-13-23-19/h4-14H,15-16H2,1-3H3,(H,24,26). The smallest absolute Gasteiger partial charge is 0.322 e. The molecule has 0 fully saturated rings. The minimum Gasteiger partial charge on any atom is -0.467 e. The molecule has 5 nitrogen and oxygen atoms in total. The van der Waals surface area contributed by atoms with Gasteiger partial charge in [0.1, 0.15) is 5.76 Å². The Morgan fingerprint density at radius 3 is 2.41 bits per heavy atom. The Kier molecular flexibility index (Phi) is 5.60. The summed E-state index contributed by atoms with van der Waals surface area (Å²) < 4.78 is 5.41. The molecule has 2 heterocycles. The molecule has 0 saturated heterocycles. The molecule has 1 N–H and O–H groups in total. The Bertz CT molecular complexity index is 851. The molecule has 0 aliphatic heterocycles. The first-order valence-corrected chi connectivity index (χ1v) is 9.00. The Hall–Kier alpha value is -3.08. The van der Waals surface area contributed by atoms with Gasteiger partial charge in [-0.15, -0.1) is 0 Å². The molecule has 2 amide bonds. The van der Waals surface area contributed by atoms with Crippen LogP contribution in [0.1, 0.15) is 37.8 Å². The van der Waals surface area contributed by atoms with Gasteiger partial charge in [-0.25, -0.2) is 4.79 Å². The van der Waals surface area contributed by atoms with Crippen LogP contribution in [0.15, 0.2) is 71.5 Å². The quantitative estimate of drug-likeness (QED) is 0.677. The number of nitrogens with one attached hydrogen (secondary N) is 1. The van der Waals surface area contributed by atoms with Crippen molar-refractivity contribution in [1.29, 1.82) is 0 Å². The third kappa shape index (κ3) is 5.20. The fourth-order valence-electron chi connectivity index (χ4n) is 2.73. The van der Waals surface area contributed by atoms with E-state index in [0.29, 0.717) is 13.1 Å². The highest BCUT2D eigenvalue weighted by atomic mass is 16.3. The summed E-state index contributed by atoms with van der Waals surface area (Å²) in [6, 6.07) is 17.1. The summed E-state index contributed by atoms with van der Waals surface area (Å²) >= 11 is 0. The molecule has 0 unspecified atom stereocenters. The summed E-state index contributed by atoms with van der Waals surface area (Å²) in [6.45, 7) is 7.26. The molecule has 0 atom stereocenters. The van der Waals surface area contributed by atoms with E-state index < -0.39 is 0 Å². The summed E-state index contributed by atoms with van der Waals surface area (Å²) in [7, 11) is 0. The van der Waals surface area contributed by atoms with Crippen molar-refractivity contribution in [3.8, 4) is 0 Å². The van der Waals surface area contributed by atoms with E-state index in [1.807, 2.05) is 54.6 Å². The third-order valence-corrected chi connectivity index (χ3v) is 4.30. The van der Waals surface area contributed by atoms with E-state index in [2.05, 4.69) is 31.1 Å². The molecule has 3 aromatic rings. The van der Waals surface area contributed by atoms with Crippen molar-refractivity contribution < 1.29 is 9.21 Å². The molecule has 0 bridgehead atoms. The molecule has 3 rings (SSSR count). The molecule has 5 heteroatoms. The molecule has 0 spiro atoms. The number of carbonyl (C=O) groups excluding carboxylic acids is 1. The number of urea groups is 1. The second kappa shape index (κ2) is 8.08. The number of nitrogens with zero attached hydrogens (tertiary/aromatic N) is 2. The zero-order valence-electron chi connectivity index (χ0n) is 16.0. The monoisotopic (exact) mass is 363 g/mol. The summed E-state index contributed by atoms with van der Waals surface area (Å²) in [4.78, 5) is 18.9. The number of aromatic nitrogens is 1. The third-order valence-electron chi connectivity index (χ3n) is 4.30. The van der Waals surface area contributed by atoms with E-state index in [1.54, 1.807) is 17.4 Å². The number of rotatable bonds is 5. The number of hydrogen-bond acceptors (Lipinski definition) is 3. The molecule has 0 aliphatic carbocycles. The zero-order valence-corrected chi connectivity index (χ0v) is 16.0. The van der Waals surface area contributed by atoms with Crippen LogP contribution in [0, 0.1) is 0 Å². The molecular weight excluding hydrogens is 338 g/mol. The predicted octanol–water partition coefficient (Wildman–Crippen LogP) is 5.21. The number of amides is 2. The summed E-state index contributed by atoms with van der Waals surface area (Å²) in [5, 5.41) is 2.97.